The summed E-state index contributed by atoms with van der Waals surface area (Å²) in [5.41, 5.74) is 2.54. The van der Waals surface area contributed by atoms with E-state index < -0.39 is 0 Å². The topological polar surface area (TPSA) is 29.1 Å². The van der Waals surface area contributed by atoms with Crippen LogP contribution >= 0.6 is 0 Å². The third-order valence-corrected chi connectivity index (χ3v) is 4.75. The third-order valence-electron chi connectivity index (χ3n) is 4.75. The molecule has 2 nitrogen and oxygen atoms in total. The van der Waals surface area contributed by atoms with Crippen LogP contribution in [0.3, 0.4) is 0 Å². The molecule has 2 rings (SSSR count). The molecule has 0 aliphatic carbocycles. The van der Waals surface area contributed by atoms with Crippen LogP contribution in [0.15, 0.2) is 24.3 Å². The van der Waals surface area contributed by atoms with Crippen LogP contribution in [0.4, 0.5) is 5.69 Å². The zero-order valence-electron chi connectivity index (χ0n) is 12.6. The van der Waals surface area contributed by atoms with Crippen molar-refractivity contribution in [2.45, 2.75) is 52.2 Å². The third kappa shape index (κ3) is 2.85. The van der Waals surface area contributed by atoms with Gasteiger partial charge in [-0.15, -0.1) is 0 Å². The first-order valence-electron chi connectivity index (χ1n) is 6.95. The van der Waals surface area contributed by atoms with Gasteiger partial charge in [-0.25, -0.2) is 0 Å². The normalized spacial score (nSPS) is 23.7. The lowest BCUT2D eigenvalue weighted by Crippen LogP contribution is -2.23. The van der Waals surface area contributed by atoms with E-state index in [1.54, 1.807) is 0 Å². The Kier molecular flexibility index (Phi) is 3.50. The van der Waals surface area contributed by atoms with Gasteiger partial charge in [-0.2, -0.15) is 0 Å². The van der Waals surface area contributed by atoms with Gasteiger partial charge in [0, 0.05) is 12.6 Å². The fourth-order valence-electron chi connectivity index (χ4n) is 2.83. The monoisotopic (exact) mass is 256 g/mol. The van der Waals surface area contributed by atoms with E-state index in [1.807, 2.05) is 12.1 Å². The molecule has 1 saturated heterocycles. The van der Waals surface area contributed by atoms with Gasteiger partial charge in [0.15, 0.2) is 0 Å². The Bertz CT molecular complexity index is 460. The SMILES string of the molecule is CC(=O)Nc1ccc(C2[B]C(C)(C)C(C)(C)C2)cc1. The first-order chi connectivity index (χ1) is 8.71. The molecular weight excluding hydrogens is 233 g/mol. The second-order valence-electron chi connectivity index (χ2n) is 6.89. The van der Waals surface area contributed by atoms with Gasteiger partial charge in [-0.1, -0.05) is 50.7 Å². The molecule has 0 spiro atoms. The Morgan fingerprint density at radius 1 is 1.21 bits per heavy atom. The van der Waals surface area contributed by atoms with Crippen LogP contribution in [0.2, 0.25) is 5.31 Å². The maximum absolute atomic E-state index is 11.0. The number of anilines is 1. The van der Waals surface area contributed by atoms with Gasteiger partial charge in [0.05, 0.1) is 0 Å². The molecule has 0 aromatic heterocycles. The second kappa shape index (κ2) is 4.70. The molecule has 1 aliphatic heterocycles. The highest BCUT2D eigenvalue weighted by Crippen LogP contribution is 2.57. The van der Waals surface area contributed by atoms with Crippen molar-refractivity contribution < 1.29 is 4.79 Å². The van der Waals surface area contributed by atoms with Crippen LogP contribution in [0.5, 0.6) is 0 Å². The number of nitrogens with one attached hydrogen (secondary N) is 1. The van der Waals surface area contributed by atoms with Crippen LogP contribution in [-0.2, 0) is 4.79 Å². The highest BCUT2D eigenvalue weighted by atomic mass is 16.1. The first kappa shape index (κ1) is 14.2. The van der Waals surface area contributed by atoms with Crippen LogP contribution < -0.4 is 5.32 Å². The van der Waals surface area contributed by atoms with E-state index in [9.17, 15) is 4.79 Å². The minimum absolute atomic E-state index is 0.0255. The quantitative estimate of drug-likeness (QED) is 0.795. The predicted molar refractivity (Wildman–Crippen MR) is 81.7 cm³/mol. The maximum Gasteiger partial charge on any atom is 0.221 e. The van der Waals surface area contributed by atoms with Crippen molar-refractivity contribution in [3.05, 3.63) is 29.8 Å². The van der Waals surface area contributed by atoms with E-state index in [0.29, 0.717) is 11.2 Å². The zero-order chi connectivity index (χ0) is 14.3. The number of carbonyl (C=O) groups excluding carboxylic acids is 1. The molecule has 1 aromatic carbocycles. The average molecular weight is 256 g/mol. The Balaban J connectivity index is 2.14. The molecule has 1 aliphatic rings. The molecule has 3 heteroatoms. The summed E-state index contributed by atoms with van der Waals surface area (Å²) < 4.78 is 0. The lowest BCUT2D eigenvalue weighted by Gasteiger charge is -2.34. The number of amides is 1. The smallest absolute Gasteiger partial charge is 0.221 e. The molecule has 1 atom stereocenters. The minimum Gasteiger partial charge on any atom is -0.326 e. The van der Waals surface area contributed by atoms with E-state index in [-0.39, 0.29) is 11.2 Å². The van der Waals surface area contributed by atoms with Gasteiger partial charge in [0.25, 0.3) is 0 Å². The zero-order valence-corrected chi connectivity index (χ0v) is 12.6. The Morgan fingerprint density at radius 3 is 2.21 bits per heavy atom. The lowest BCUT2D eigenvalue weighted by atomic mass is 9.47. The summed E-state index contributed by atoms with van der Waals surface area (Å²) in [6, 6.07) is 8.24. The molecular formula is C16H23BNO. The van der Waals surface area contributed by atoms with E-state index >= 15 is 0 Å². The molecule has 1 radical (unpaired) electrons. The molecule has 1 unspecified atom stereocenters. The number of rotatable bonds is 2. The van der Waals surface area contributed by atoms with Crippen LogP contribution in [0.25, 0.3) is 0 Å². The summed E-state index contributed by atoms with van der Waals surface area (Å²) in [6.45, 7) is 10.9. The van der Waals surface area contributed by atoms with Gasteiger partial charge in [0.1, 0.15) is 7.28 Å². The molecule has 1 fully saturated rings. The average Bonchev–Trinajstić information content (AvgIpc) is 2.48. The summed E-state index contributed by atoms with van der Waals surface area (Å²) in [7, 11) is 2.47. The summed E-state index contributed by atoms with van der Waals surface area (Å²) in [4.78, 5) is 11.0. The Labute approximate surface area is 117 Å². The fraction of sp³-hybridized carbons (Fsp3) is 0.562. The summed E-state index contributed by atoms with van der Waals surface area (Å²) in [5.74, 6) is 0.485. The number of hydrogen-bond acceptors (Lipinski definition) is 1. The molecule has 101 valence electrons. The van der Waals surface area contributed by atoms with Crippen LogP contribution in [-0.4, -0.2) is 13.2 Å². The Morgan fingerprint density at radius 2 is 1.79 bits per heavy atom. The fourth-order valence-corrected chi connectivity index (χ4v) is 2.83. The highest BCUT2D eigenvalue weighted by molar-refractivity contribution is 6.43. The van der Waals surface area contributed by atoms with Crippen LogP contribution in [0.1, 0.15) is 52.4 Å². The van der Waals surface area contributed by atoms with Crippen molar-refractivity contribution in [3.8, 4) is 0 Å². The van der Waals surface area contributed by atoms with Crippen molar-refractivity contribution in [2.75, 3.05) is 5.32 Å². The van der Waals surface area contributed by atoms with Crippen molar-refractivity contribution in [2.24, 2.45) is 5.41 Å². The summed E-state index contributed by atoms with van der Waals surface area (Å²) in [5, 5.41) is 3.06. The number of benzene rings is 1. The van der Waals surface area contributed by atoms with Gasteiger partial charge >= 0.3 is 0 Å². The predicted octanol–water partition coefficient (Wildman–Crippen LogP) is 4.02. The second-order valence-corrected chi connectivity index (χ2v) is 6.89. The maximum atomic E-state index is 11.0. The van der Waals surface area contributed by atoms with Gasteiger partial charge in [-0.3, -0.25) is 4.79 Å². The molecule has 0 bridgehead atoms. The van der Waals surface area contributed by atoms with Gasteiger partial charge in [0.2, 0.25) is 5.91 Å². The van der Waals surface area contributed by atoms with E-state index in [4.69, 9.17) is 0 Å². The van der Waals surface area contributed by atoms with Crippen LogP contribution in [0, 0.1) is 5.41 Å². The summed E-state index contributed by atoms with van der Waals surface area (Å²) in [6.07, 6.45) is 1.18. The van der Waals surface area contributed by atoms with Crippen molar-refractivity contribution in [1.29, 1.82) is 0 Å². The number of hydrogen-bond donors (Lipinski definition) is 1. The van der Waals surface area contributed by atoms with Gasteiger partial charge < -0.3 is 5.32 Å². The van der Waals surface area contributed by atoms with Gasteiger partial charge in [-0.05, 0) is 29.8 Å². The van der Waals surface area contributed by atoms with E-state index in [0.717, 1.165) is 5.69 Å². The number of carbonyl (C=O) groups is 1. The standard InChI is InChI=1S/C16H23BNO/c1-11(19)18-13-8-6-12(7-9-13)14-10-15(2,3)16(4,5)17-14/h6-9,14H,10H2,1-5H3,(H,18,19). The molecule has 19 heavy (non-hydrogen) atoms. The molecule has 1 heterocycles. The lowest BCUT2D eigenvalue weighted by molar-refractivity contribution is -0.114. The molecule has 1 aromatic rings. The summed E-state index contributed by atoms with van der Waals surface area (Å²) >= 11 is 0. The van der Waals surface area contributed by atoms with Crippen molar-refractivity contribution in [3.63, 3.8) is 0 Å². The minimum atomic E-state index is -0.0255. The van der Waals surface area contributed by atoms with Crippen molar-refractivity contribution in [1.82, 2.24) is 0 Å². The van der Waals surface area contributed by atoms with E-state index in [1.165, 1.54) is 18.9 Å². The Hall–Kier alpha value is -1.25. The van der Waals surface area contributed by atoms with E-state index in [2.05, 4.69) is 52.4 Å². The molecule has 1 amide bonds. The van der Waals surface area contributed by atoms with Crippen molar-refractivity contribution >= 4 is 18.9 Å². The first-order valence-corrected chi connectivity index (χ1v) is 6.95. The molecule has 1 N–H and O–H groups in total. The molecule has 0 saturated carbocycles. The largest absolute Gasteiger partial charge is 0.326 e. The highest BCUT2D eigenvalue weighted by Gasteiger charge is 2.47.